The van der Waals surface area contributed by atoms with Crippen LogP contribution in [0.2, 0.25) is 0 Å². The van der Waals surface area contributed by atoms with Gasteiger partial charge in [0, 0.05) is 6.92 Å². The van der Waals surface area contributed by atoms with Gasteiger partial charge in [0.15, 0.2) is 0 Å². The summed E-state index contributed by atoms with van der Waals surface area (Å²) in [6.07, 6.45) is 3.66. The van der Waals surface area contributed by atoms with Crippen LogP contribution in [0.25, 0.3) is 0 Å². The molecule has 3 nitrogen and oxygen atoms in total. The van der Waals surface area contributed by atoms with Crippen LogP contribution in [0.4, 0.5) is 0 Å². The first-order valence-corrected chi connectivity index (χ1v) is 5.08. The third-order valence-electron chi connectivity index (χ3n) is 2.89. The van der Waals surface area contributed by atoms with Crippen molar-refractivity contribution in [1.82, 2.24) is 5.32 Å². The van der Waals surface area contributed by atoms with E-state index < -0.39 is 0 Å². The van der Waals surface area contributed by atoms with Crippen LogP contribution >= 0.6 is 0 Å². The first kappa shape index (κ1) is 10.5. The second-order valence-corrected chi connectivity index (χ2v) is 3.96. The normalized spacial score (nSPS) is 34.2. The molecular weight excluding hydrogens is 166 g/mol. The van der Waals surface area contributed by atoms with Crippen molar-refractivity contribution in [2.45, 2.75) is 51.7 Å². The maximum Gasteiger partial charge on any atom is 0.217 e. The second-order valence-electron chi connectivity index (χ2n) is 3.96. The summed E-state index contributed by atoms with van der Waals surface area (Å²) in [6, 6.07) is -0.0136. The van der Waals surface area contributed by atoms with Crippen LogP contribution < -0.4 is 5.32 Å². The molecule has 13 heavy (non-hydrogen) atoms. The third-order valence-corrected chi connectivity index (χ3v) is 2.89. The fourth-order valence-corrected chi connectivity index (χ4v) is 2.03. The highest BCUT2D eigenvalue weighted by atomic mass is 16.3. The van der Waals surface area contributed by atoms with E-state index in [0.717, 1.165) is 25.7 Å². The first-order chi connectivity index (χ1) is 6.13. The van der Waals surface area contributed by atoms with Crippen LogP contribution in [0.5, 0.6) is 0 Å². The topological polar surface area (TPSA) is 49.3 Å². The summed E-state index contributed by atoms with van der Waals surface area (Å²) in [5, 5.41) is 12.5. The minimum absolute atomic E-state index is 0.0136. The van der Waals surface area contributed by atoms with E-state index in [9.17, 15) is 9.90 Å². The Hall–Kier alpha value is -0.570. The van der Waals surface area contributed by atoms with Crippen molar-refractivity contribution in [3.8, 4) is 0 Å². The number of rotatable bonds is 2. The Bertz CT molecular complexity index is 182. The molecule has 0 aromatic rings. The van der Waals surface area contributed by atoms with Gasteiger partial charge in [0.05, 0.1) is 12.1 Å². The number of aliphatic hydroxyl groups excluding tert-OH is 1. The summed E-state index contributed by atoms with van der Waals surface area (Å²) in [4.78, 5) is 10.8. The third kappa shape index (κ3) is 2.99. The molecule has 0 heterocycles. The molecule has 0 saturated heterocycles. The highest BCUT2D eigenvalue weighted by molar-refractivity contribution is 5.73. The largest absolute Gasteiger partial charge is 0.391 e. The Kier molecular flexibility index (Phi) is 3.72. The van der Waals surface area contributed by atoms with Gasteiger partial charge in [0.1, 0.15) is 0 Å². The van der Waals surface area contributed by atoms with Gasteiger partial charge in [-0.15, -0.1) is 0 Å². The number of carbonyl (C=O) groups excluding carboxylic acids is 1. The Labute approximate surface area is 79.5 Å². The van der Waals surface area contributed by atoms with Gasteiger partial charge >= 0.3 is 0 Å². The molecule has 1 fully saturated rings. The summed E-state index contributed by atoms with van der Waals surface area (Å²) in [5.41, 5.74) is 0. The van der Waals surface area contributed by atoms with Crippen LogP contribution in [0.3, 0.4) is 0 Å². The molecule has 76 valence electrons. The lowest BCUT2D eigenvalue weighted by atomic mass is 9.82. The van der Waals surface area contributed by atoms with Crippen LogP contribution in [0.1, 0.15) is 39.5 Å². The molecular formula is C10H19NO2. The molecule has 0 radical (unpaired) electrons. The number of hydrogen-bond donors (Lipinski definition) is 2. The van der Waals surface area contributed by atoms with E-state index >= 15 is 0 Å². The van der Waals surface area contributed by atoms with E-state index in [2.05, 4.69) is 12.2 Å². The Morgan fingerprint density at radius 2 is 2.23 bits per heavy atom. The van der Waals surface area contributed by atoms with E-state index in [4.69, 9.17) is 0 Å². The van der Waals surface area contributed by atoms with Gasteiger partial charge in [-0.1, -0.05) is 13.3 Å². The van der Waals surface area contributed by atoms with E-state index in [0.29, 0.717) is 5.92 Å². The lowest BCUT2D eigenvalue weighted by molar-refractivity contribution is -0.121. The molecule has 0 aromatic heterocycles. The quantitative estimate of drug-likeness (QED) is 0.676. The molecule has 1 rings (SSSR count). The summed E-state index contributed by atoms with van der Waals surface area (Å²) in [6.45, 7) is 3.65. The molecule has 1 saturated carbocycles. The van der Waals surface area contributed by atoms with Crippen molar-refractivity contribution in [1.29, 1.82) is 0 Å². The minimum Gasteiger partial charge on any atom is -0.391 e. The molecule has 3 unspecified atom stereocenters. The fraction of sp³-hybridized carbons (Fsp3) is 0.900. The Morgan fingerprint density at radius 1 is 1.54 bits per heavy atom. The van der Waals surface area contributed by atoms with Gasteiger partial charge in [-0.3, -0.25) is 4.79 Å². The molecule has 0 aliphatic heterocycles. The number of aliphatic hydroxyl groups is 1. The number of amides is 1. The van der Waals surface area contributed by atoms with Crippen LogP contribution in [0.15, 0.2) is 0 Å². The number of nitrogens with one attached hydrogen (secondary N) is 1. The molecule has 0 aromatic carbocycles. The molecule has 1 amide bonds. The van der Waals surface area contributed by atoms with Crippen LogP contribution in [-0.4, -0.2) is 23.2 Å². The average Bonchev–Trinajstić information content (AvgIpc) is 2.08. The van der Waals surface area contributed by atoms with E-state index in [-0.39, 0.29) is 18.1 Å². The lowest BCUT2D eigenvalue weighted by Crippen LogP contribution is -2.45. The predicted molar refractivity (Wildman–Crippen MR) is 51.2 cm³/mol. The van der Waals surface area contributed by atoms with Gasteiger partial charge in [0.2, 0.25) is 5.91 Å². The van der Waals surface area contributed by atoms with Gasteiger partial charge in [0.25, 0.3) is 0 Å². The monoisotopic (exact) mass is 185 g/mol. The molecule has 1 aliphatic rings. The van der Waals surface area contributed by atoms with Crippen LogP contribution in [0, 0.1) is 5.92 Å². The van der Waals surface area contributed by atoms with Gasteiger partial charge in [-0.05, 0) is 25.2 Å². The SMILES string of the molecule is CCC1CCC(NC(C)=O)C(O)C1. The lowest BCUT2D eigenvalue weighted by Gasteiger charge is -2.32. The second kappa shape index (κ2) is 4.61. The zero-order chi connectivity index (χ0) is 9.84. The molecule has 3 atom stereocenters. The smallest absolute Gasteiger partial charge is 0.217 e. The highest BCUT2D eigenvalue weighted by Gasteiger charge is 2.28. The van der Waals surface area contributed by atoms with Crippen LogP contribution in [-0.2, 0) is 4.79 Å². The van der Waals surface area contributed by atoms with Crippen molar-refractivity contribution in [3.63, 3.8) is 0 Å². The molecule has 0 spiro atoms. The minimum atomic E-state index is -0.345. The zero-order valence-electron chi connectivity index (χ0n) is 8.42. The summed E-state index contributed by atoms with van der Waals surface area (Å²) >= 11 is 0. The van der Waals surface area contributed by atoms with Crippen molar-refractivity contribution in [2.24, 2.45) is 5.92 Å². The van der Waals surface area contributed by atoms with Crippen molar-refractivity contribution >= 4 is 5.91 Å². The first-order valence-electron chi connectivity index (χ1n) is 5.08. The molecule has 1 aliphatic carbocycles. The molecule has 2 N–H and O–H groups in total. The number of hydrogen-bond acceptors (Lipinski definition) is 2. The summed E-state index contributed by atoms with van der Waals surface area (Å²) < 4.78 is 0. The van der Waals surface area contributed by atoms with Gasteiger partial charge < -0.3 is 10.4 Å². The van der Waals surface area contributed by atoms with E-state index in [1.54, 1.807) is 0 Å². The number of carbonyl (C=O) groups is 1. The standard InChI is InChI=1S/C10H19NO2/c1-3-8-4-5-9(10(13)6-8)11-7(2)12/h8-10,13H,3-6H2,1-2H3,(H,11,12). The summed E-state index contributed by atoms with van der Waals surface area (Å²) in [5.74, 6) is 0.596. The molecule has 3 heteroatoms. The van der Waals surface area contributed by atoms with Gasteiger partial charge in [-0.2, -0.15) is 0 Å². The van der Waals surface area contributed by atoms with Gasteiger partial charge in [-0.25, -0.2) is 0 Å². The van der Waals surface area contributed by atoms with Crippen molar-refractivity contribution < 1.29 is 9.90 Å². The maximum absolute atomic E-state index is 10.8. The highest BCUT2D eigenvalue weighted by Crippen LogP contribution is 2.26. The maximum atomic E-state index is 10.8. The summed E-state index contributed by atoms with van der Waals surface area (Å²) in [7, 11) is 0. The van der Waals surface area contributed by atoms with Crippen molar-refractivity contribution in [3.05, 3.63) is 0 Å². The Morgan fingerprint density at radius 3 is 2.69 bits per heavy atom. The predicted octanol–water partition coefficient (Wildman–Crippen LogP) is 1.06. The van der Waals surface area contributed by atoms with Crippen molar-refractivity contribution in [2.75, 3.05) is 0 Å². The zero-order valence-corrected chi connectivity index (χ0v) is 8.42. The van der Waals surface area contributed by atoms with E-state index in [1.165, 1.54) is 6.92 Å². The fourth-order valence-electron chi connectivity index (χ4n) is 2.03. The Balaban J connectivity index is 2.39. The average molecular weight is 185 g/mol. The van der Waals surface area contributed by atoms with E-state index in [1.807, 2.05) is 0 Å². The molecule has 0 bridgehead atoms.